The fraction of sp³-hybridized carbons (Fsp3) is 0.333. The van der Waals surface area contributed by atoms with Crippen LogP contribution in [0.3, 0.4) is 0 Å². The van der Waals surface area contributed by atoms with Crippen molar-refractivity contribution in [3.63, 3.8) is 0 Å². The Hall–Kier alpha value is -2.34. The Labute approximate surface area is 168 Å². The molecule has 0 bridgehead atoms. The second-order valence-electron chi connectivity index (χ2n) is 6.22. The Balaban J connectivity index is 3.65. The zero-order valence-corrected chi connectivity index (χ0v) is 17.0. The smallest absolute Gasteiger partial charge is 0.0348 e. The standard InChI is InChI=1S/C27H37/c1-3-5-7-9-11-13-15-17-19-21-23-25-27-26-24-22-20-18-16-14-12-10-8-6-4-2/h1,3,5,7,9,11,13,15,17,19-27H,4,6,8,10,12,14,16,18H2,2H3/b3-1?,7-5+,11-9+,15-13+,19-17+,22-20+,23-21+,26-24+,27-25+. The third-order valence-corrected chi connectivity index (χ3v) is 3.78. The Bertz CT molecular complexity index is 545. The van der Waals surface area contributed by atoms with Crippen LogP contribution < -0.4 is 0 Å². The first-order valence-electron chi connectivity index (χ1n) is 10.3. The molecule has 0 amide bonds. The Morgan fingerprint density at radius 2 is 0.815 bits per heavy atom. The topological polar surface area (TPSA) is 0 Å². The van der Waals surface area contributed by atoms with E-state index in [0.29, 0.717) is 0 Å². The molecular weight excluding hydrogens is 324 g/mol. The molecule has 0 aromatic rings. The summed E-state index contributed by atoms with van der Waals surface area (Å²) in [5.74, 6) is 0. The van der Waals surface area contributed by atoms with Crippen molar-refractivity contribution in [1.29, 1.82) is 0 Å². The van der Waals surface area contributed by atoms with Gasteiger partial charge in [0.2, 0.25) is 0 Å². The lowest BCUT2D eigenvalue weighted by molar-refractivity contribution is 0.592. The molecule has 0 atom stereocenters. The lowest BCUT2D eigenvalue weighted by Gasteiger charge is -1.98. The van der Waals surface area contributed by atoms with Gasteiger partial charge in [0.15, 0.2) is 0 Å². The number of hydrogen-bond acceptors (Lipinski definition) is 0. The number of allylic oxidation sites excluding steroid dienone is 17. The van der Waals surface area contributed by atoms with Crippen LogP contribution in [-0.2, 0) is 0 Å². The Kier molecular flexibility index (Phi) is 21.6. The van der Waals surface area contributed by atoms with Crippen LogP contribution in [0.4, 0.5) is 0 Å². The molecule has 0 N–H and O–H groups in total. The van der Waals surface area contributed by atoms with Gasteiger partial charge in [-0.25, -0.2) is 0 Å². The zero-order valence-electron chi connectivity index (χ0n) is 17.0. The molecule has 1 radical (unpaired) electrons. The van der Waals surface area contributed by atoms with E-state index >= 15 is 0 Å². The van der Waals surface area contributed by atoms with Crippen LogP contribution in [0.1, 0.15) is 58.3 Å². The zero-order chi connectivity index (χ0) is 19.7. The van der Waals surface area contributed by atoms with Gasteiger partial charge in [-0.1, -0.05) is 155 Å². The first-order chi connectivity index (χ1) is 13.4. The van der Waals surface area contributed by atoms with Gasteiger partial charge in [-0.05, 0) is 12.8 Å². The molecule has 0 heteroatoms. The highest BCUT2D eigenvalue weighted by Gasteiger charge is 1.88. The third-order valence-electron chi connectivity index (χ3n) is 3.78. The first kappa shape index (κ1) is 24.7. The van der Waals surface area contributed by atoms with E-state index < -0.39 is 0 Å². The van der Waals surface area contributed by atoms with Crippen LogP contribution in [-0.4, -0.2) is 0 Å². The van der Waals surface area contributed by atoms with Gasteiger partial charge < -0.3 is 0 Å². The van der Waals surface area contributed by atoms with E-state index in [1.165, 1.54) is 57.4 Å². The summed E-state index contributed by atoms with van der Waals surface area (Å²) in [5.41, 5.74) is 0. The maximum absolute atomic E-state index is 5.23. The van der Waals surface area contributed by atoms with E-state index in [1.54, 1.807) is 6.08 Å². The van der Waals surface area contributed by atoms with Crippen LogP contribution in [0.15, 0.2) is 103 Å². The van der Waals surface area contributed by atoms with Gasteiger partial charge in [0.1, 0.15) is 0 Å². The summed E-state index contributed by atoms with van der Waals surface area (Å²) in [6, 6.07) is 0. The van der Waals surface area contributed by atoms with E-state index in [1.807, 2.05) is 66.8 Å². The van der Waals surface area contributed by atoms with E-state index in [0.717, 1.165) is 0 Å². The van der Waals surface area contributed by atoms with Crippen molar-refractivity contribution in [3.8, 4) is 0 Å². The quantitative estimate of drug-likeness (QED) is 0.191. The van der Waals surface area contributed by atoms with Gasteiger partial charge in [0, 0.05) is 0 Å². The maximum Gasteiger partial charge on any atom is -0.0348 e. The number of hydrogen-bond donors (Lipinski definition) is 0. The van der Waals surface area contributed by atoms with E-state index in [2.05, 4.69) is 31.2 Å². The molecule has 0 spiro atoms. The molecule has 0 saturated carbocycles. The van der Waals surface area contributed by atoms with Gasteiger partial charge in [-0.15, -0.1) is 0 Å². The molecule has 0 saturated heterocycles. The molecule has 0 aromatic heterocycles. The monoisotopic (exact) mass is 361 g/mol. The van der Waals surface area contributed by atoms with Crippen molar-refractivity contribution >= 4 is 0 Å². The molecular formula is C27H37. The average Bonchev–Trinajstić information content (AvgIpc) is 2.68. The predicted molar refractivity (Wildman–Crippen MR) is 125 cm³/mol. The van der Waals surface area contributed by atoms with Crippen molar-refractivity contribution in [3.05, 3.63) is 110 Å². The molecule has 0 heterocycles. The summed E-state index contributed by atoms with van der Waals surface area (Å²) < 4.78 is 0. The summed E-state index contributed by atoms with van der Waals surface area (Å²) in [4.78, 5) is 0. The van der Waals surface area contributed by atoms with Crippen molar-refractivity contribution in [2.45, 2.75) is 58.3 Å². The first-order valence-corrected chi connectivity index (χ1v) is 10.3. The van der Waals surface area contributed by atoms with Crippen LogP contribution in [0.25, 0.3) is 0 Å². The third kappa shape index (κ3) is 23.7. The van der Waals surface area contributed by atoms with Gasteiger partial charge >= 0.3 is 0 Å². The van der Waals surface area contributed by atoms with Gasteiger partial charge in [0.25, 0.3) is 0 Å². The van der Waals surface area contributed by atoms with Crippen molar-refractivity contribution in [2.75, 3.05) is 0 Å². The molecule has 0 rings (SSSR count). The molecule has 0 nitrogen and oxygen atoms in total. The number of unbranched alkanes of at least 4 members (excludes halogenated alkanes) is 7. The van der Waals surface area contributed by atoms with Crippen molar-refractivity contribution < 1.29 is 0 Å². The second kappa shape index (κ2) is 23.7. The predicted octanol–water partition coefficient (Wildman–Crippen LogP) is 8.57. The minimum atomic E-state index is 1.19. The summed E-state index contributed by atoms with van der Waals surface area (Å²) in [7, 11) is 0. The van der Waals surface area contributed by atoms with E-state index in [4.69, 9.17) is 6.58 Å². The summed E-state index contributed by atoms with van der Waals surface area (Å²) >= 11 is 0. The van der Waals surface area contributed by atoms with Crippen LogP contribution in [0.5, 0.6) is 0 Å². The summed E-state index contributed by atoms with van der Waals surface area (Å²) in [6.45, 7) is 7.49. The van der Waals surface area contributed by atoms with E-state index in [9.17, 15) is 0 Å². The van der Waals surface area contributed by atoms with Crippen molar-refractivity contribution in [2.24, 2.45) is 0 Å². The fourth-order valence-corrected chi connectivity index (χ4v) is 2.29. The van der Waals surface area contributed by atoms with Crippen LogP contribution >= 0.6 is 0 Å². The van der Waals surface area contributed by atoms with Crippen LogP contribution in [0.2, 0.25) is 0 Å². The van der Waals surface area contributed by atoms with E-state index in [-0.39, 0.29) is 0 Å². The van der Waals surface area contributed by atoms with Crippen molar-refractivity contribution in [1.82, 2.24) is 0 Å². The fourth-order valence-electron chi connectivity index (χ4n) is 2.29. The van der Waals surface area contributed by atoms with Crippen LogP contribution in [0, 0.1) is 6.58 Å². The highest BCUT2D eigenvalue weighted by atomic mass is 13.9. The highest BCUT2D eigenvalue weighted by molar-refractivity contribution is 5.21. The minimum Gasteiger partial charge on any atom is -0.0845 e. The SMILES string of the molecule is [CH]=C/C=C/C=C/C=C/C=C/C=C/C=C/C=C/C=C/CCCCCCCCC. The average molecular weight is 362 g/mol. The molecule has 0 fully saturated rings. The lowest BCUT2D eigenvalue weighted by Crippen LogP contribution is -1.78. The minimum absolute atomic E-state index is 1.19. The normalized spacial score (nSPS) is 13.5. The summed E-state index contributed by atoms with van der Waals surface area (Å²) in [5, 5.41) is 0. The number of rotatable bonds is 16. The molecule has 0 aliphatic heterocycles. The lowest BCUT2D eigenvalue weighted by atomic mass is 10.1. The van der Waals surface area contributed by atoms with Gasteiger partial charge in [-0.3, -0.25) is 0 Å². The molecule has 145 valence electrons. The Morgan fingerprint density at radius 3 is 1.26 bits per heavy atom. The molecule has 0 aliphatic rings. The van der Waals surface area contributed by atoms with Gasteiger partial charge in [-0.2, -0.15) is 0 Å². The summed E-state index contributed by atoms with van der Waals surface area (Å²) in [6.07, 6.45) is 44.5. The maximum atomic E-state index is 5.23. The second-order valence-corrected chi connectivity index (χ2v) is 6.22. The largest absolute Gasteiger partial charge is 0.0845 e. The molecule has 0 unspecified atom stereocenters. The Morgan fingerprint density at radius 1 is 0.444 bits per heavy atom. The highest BCUT2D eigenvalue weighted by Crippen LogP contribution is 2.08. The molecule has 0 aromatic carbocycles. The molecule has 0 aliphatic carbocycles. The van der Waals surface area contributed by atoms with Gasteiger partial charge in [0.05, 0.1) is 0 Å². The molecule has 27 heavy (non-hydrogen) atoms.